The molecule has 0 atom stereocenters. The number of nitrogens with zero attached hydrogens (tertiary/aromatic N) is 3. The zero-order valence-electron chi connectivity index (χ0n) is 15.2. The van der Waals surface area contributed by atoms with Gasteiger partial charge in [-0.2, -0.15) is 5.10 Å². The second-order valence-electron chi connectivity index (χ2n) is 5.86. The molecule has 0 unspecified atom stereocenters. The zero-order chi connectivity index (χ0) is 19.2. The number of ether oxygens (including phenoxy) is 2. The largest absolute Gasteiger partial charge is 0.490 e. The van der Waals surface area contributed by atoms with Crippen molar-refractivity contribution in [1.29, 1.82) is 0 Å². The van der Waals surface area contributed by atoms with E-state index in [4.69, 9.17) is 26.8 Å². The van der Waals surface area contributed by atoms with E-state index in [0.717, 1.165) is 11.3 Å². The standard InChI is InChI=1S/C20H21ClN4O2/c1-3-26-18-9-16(11-23-25-12-14(2)24-20(25)22)17(21)10-19(18)27-13-15-7-5-4-6-8-15/h4-12H,3,13H2,1-2H3,(H2,22,24). The van der Waals surface area contributed by atoms with Crippen LogP contribution in [-0.4, -0.2) is 22.5 Å². The Morgan fingerprint density at radius 2 is 1.93 bits per heavy atom. The van der Waals surface area contributed by atoms with Crippen molar-refractivity contribution >= 4 is 23.8 Å². The van der Waals surface area contributed by atoms with Crippen LogP contribution in [0.25, 0.3) is 0 Å². The van der Waals surface area contributed by atoms with E-state index in [9.17, 15) is 0 Å². The van der Waals surface area contributed by atoms with Gasteiger partial charge in [0.1, 0.15) is 6.61 Å². The van der Waals surface area contributed by atoms with Crippen molar-refractivity contribution in [3.63, 3.8) is 0 Å². The second kappa shape index (κ2) is 8.60. The van der Waals surface area contributed by atoms with Crippen molar-refractivity contribution in [2.75, 3.05) is 12.3 Å². The molecule has 0 aliphatic rings. The summed E-state index contributed by atoms with van der Waals surface area (Å²) in [6, 6.07) is 13.4. The predicted molar refractivity (Wildman–Crippen MR) is 108 cm³/mol. The van der Waals surface area contributed by atoms with Crippen molar-refractivity contribution in [2.45, 2.75) is 20.5 Å². The van der Waals surface area contributed by atoms with Gasteiger partial charge in [0.2, 0.25) is 5.95 Å². The summed E-state index contributed by atoms with van der Waals surface area (Å²) < 4.78 is 13.1. The normalized spacial score (nSPS) is 11.1. The minimum Gasteiger partial charge on any atom is -0.490 e. The molecule has 2 N–H and O–H groups in total. The summed E-state index contributed by atoms with van der Waals surface area (Å²) >= 11 is 6.41. The second-order valence-corrected chi connectivity index (χ2v) is 6.26. The van der Waals surface area contributed by atoms with Crippen molar-refractivity contribution in [3.8, 4) is 11.5 Å². The van der Waals surface area contributed by atoms with Gasteiger partial charge in [0, 0.05) is 11.6 Å². The fourth-order valence-electron chi connectivity index (χ4n) is 2.49. The van der Waals surface area contributed by atoms with Gasteiger partial charge in [-0.15, -0.1) is 0 Å². The number of aromatic nitrogens is 2. The minimum absolute atomic E-state index is 0.313. The third kappa shape index (κ3) is 4.80. The first-order chi connectivity index (χ1) is 13.1. The topological polar surface area (TPSA) is 74.7 Å². The molecule has 7 heteroatoms. The van der Waals surface area contributed by atoms with E-state index in [-0.39, 0.29) is 0 Å². The highest BCUT2D eigenvalue weighted by atomic mass is 35.5. The Hall–Kier alpha value is -2.99. The summed E-state index contributed by atoms with van der Waals surface area (Å²) in [5, 5.41) is 4.81. The molecular formula is C20H21ClN4O2. The van der Waals surface area contributed by atoms with Crippen LogP contribution in [0.5, 0.6) is 11.5 Å². The van der Waals surface area contributed by atoms with Gasteiger partial charge in [-0.3, -0.25) is 0 Å². The van der Waals surface area contributed by atoms with Crippen LogP contribution in [0.1, 0.15) is 23.7 Å². The van der Waals surface area contributed by atoms with Gasteiger partial charge >= 0.3 is 0 Å². The Morgan fingerprint density at radius 1 is 1.19 bits per heavy atom. The maximum absolute atomic E-state index is 6.41. The molecule has 6 nitrogen and oxygen atoms in total. The number of nitrogen functional groups attached to an aromatic ring is 1. The molecule has 2 aromatic carbocycles. The van der Waals surface area contributed by atoms with E-state index in [2.05, 4.69) is 10.1 Å². The summed E-state index contributed by atoms with van der Waals surface area (Å²) in [6.45, 7) is 4.70. The summed E-state index contributed by atoms with van der Waals surface area (Å²) in [5.41, 5.74) is 8.34. The van der Waals surface area contributed by atoms with Crippen molar-refractivity contribution in [1.82, 2.24) is 9.66 Å². The summed E-state index contributed by atoms with van der Waals surface area (Å²) in [5.74, 6) is 1.50. The SMILES string of the molecule is CCOc1cc(C=Nn2cc(C)nc2N)c(Cl)cc1OCc1ccccc1. The van der Waals surface area contributed by atoms with Gasteiger partial charge in [-0.25, -0.2) is 9.66 Å². The highest BCUT2D eigenvalue weighted by molar-refractivity contribution is 6.33. The van der Waals surface area contributed by atoms with Crippen LogP contribution in [0.2, 0.25) is 5.02 Å². The number of nitrogens with two attached hydrogens (primary N) is 1. The van der Waals surface area contributed by atoms with Crippen LogP contribution >= 0.6 is 11.6 Å². The number of anilines is 1. The maximum Gasteiger partial charge on any atom is 0.221 e. The molecule has 0 radical (unpaired) electrons. The smallest absolute Gasteiger partial charge is 0.221 e. The number of rotatable bonds is 7. The van der Waals surface area contributed by atoms with Gasteiger partial charge in [0.05, 0.1) is 29.7 Å². The van der Waals surface area contributed by atoms with Crippen LogP contribution in [-0.2, 0) is 6.61 Å². The number of halogens is 1. The van der Waals surface area contributed by atoms with Crippen molar-refractivity contribution < 1.29 is 9.47 Å². The molecule has 0 bridgehead atoms. The van der Waals surface area contributed by atoms with E-state index in [1.807, 2.05) is 44.2 Å². The summed E-state index contributed by atoms with van der Waals surface area (Å²) in [4.78, 5) is 4.11. The molecule has 0 saturated carbocycles. The van der Waals surface area contributed by atoms with E-state index >= 15 is 0 Å². The van der Waals surface area contributed by atoms with Crippen LogP contribution in [0.15, 0.2) is 53.8 Å². The summed E-state index contributed by atoms with van der Waals surface area (Å²) in [6.07, 6.45) is 3.35. The highest BCUT2D eigenvalue weighted by Gasteiger charge is 2.11. The van der Waals surface area contributed by atoms with E-state index < -0.39 is 0 Å². The average molecular weight is 385 g/mol. The quantitative estimate of drug-likeness (QED) is 0.616. The van der Waals surface area contributed by atoms with E-state index in [1.165, 1.54) is 4.68 Å². The number of imidazole rings is 1. The fourth-order valence-corrected chi connectivity index (χ4v) is 2.69. The lowest BCUT2D eigenvalue weighted by atomic mass is 10.2. The zero-order valence-corrected chi connectivity index (χ0v) is 16.0. The Balaban J connectivity index is 1.83. The summed E-state index contributed by atoms with van der Waals surface area (Å²) in [7, 11) is 0. The molecule has 0 amide bonds. The molecule has 1 aromatic heterocycles. The predicted octanol–water partition coefficient (Wildman–Crippen LogP) is 4.29. The lowest BCUT2D eigenvalue weighted by Crippen LogP contribution is -2.01. The first kappa shape index (κ1) is 18.8. The number of hydrogen-bond acceptors (Lipinski definition) is 5. The van der Waals surface area contributed by atoms with Gasteiger partial charge in [-0.1, -0.05) is 41.9 Å². The minimum atomic E-state index is 0.313. The third-order valence-electron chi connectivity index (χ3n) is 3.76. The number of aryl methyl sites for hydroxylation is 1. The molecule has 0 aliphatic carbocycles. The lowest BCUT2D eigenvalue weighted by molar-refractivity contribution is 0.269. The van der Waals surface area contributed by atoms with Crippen molar-refractivity contribution in [3.05, 3.63) is 70.5 Å². The molecule has 3 aromatic rings. The molecule has 0 spiro atoms. The number of hydrogen-bond donors (Lipinski definition) is 1. The maximum atomic E-state index is 6.41. The Labute approximate surface area is 163 Å². The third-order valence-corrected chi connectivity index (χ3v) is 4.08. The van der Waals surface area contributed by atoms with E-state index in [0.29, 0.717) is 41.2 Å². The van der Waals surface area contributed by atoms with Crippen LogP contribution in [0.3, 0.4) is 0 Å². The molecular weight excluding hydrogens is 364 g/mol. The molecule has 0 fully saturated rings. The molecule has 27 heavy (non-hydrogen) atoms. The van der Waals surface area contributed by atoms with Gasteiger partial charge in [0.25, 0.3) is 0 Å². The Kier molecular flexibility index (Phi) is 5.98. The first-order valence-corrected chi connectivity index (χ1v) is 8.93. The van der Waals surface area contributed by atoms with Crippen molar-refractivity contribution in [2.24, 2.45) is 5.10 Å². The highest BCUT2D eigenvalue weighted by Crippen LogP contribution is 2.33. The molecule has 0 aliphatic heterocycles. The lowest BCUT2D eigenvalue weighted by Gasteiger charge is -2.14. The monoisotopic (exact) mass is 384 g/mol. The molecule has 3 rings (SSSR count). The van der Waals surface area contributed by atoms with Crippen LogP contribution in [0.4, 0.5) is 5.95 Å². The fraction of sp³-hybridized carbons (Fsp3) is 0.200. The van der Waals surface area contributed by atoms with Crippen LogP contribution in [0, 0.1) is 6.92 Å². The molecule has 1 heterocycles. The van der Waals surface area contributed by atoms with Crippen LogP contribution < -0.4 is 15.2 Å². The molecule has 140 valence electrons. The van der Waals surface area contributed by atoms with Gasteiger partial charge in [-0.05, 0) is 25.5 Å². The Bertz CT molecular complexity index is 939. The first-order valence-electron chi connectivity index (χ1n) is 8.55. The molecule has 0 saturated heterocycles. The van der Waals surface area contributed by atoms with E-state index in [1.54, 1.807) is 24.5 Å². The average Bonchev–Trinajstić information content (AvgIpc) is 2.98. The van der Waals surface area contributed by atoms with Gasteiger partial charge < -0.3 is 15.2 Å². The van der Waals surface area contributed by atoms with Gasteiger partial charge in [0.15, 0.2) is 11.5 Å². The number of benzene rings is 2. The Morgan fingerprint density at radius 3 is 2.59 bits per heavy atom.